The SMILES string of the molecule is CC1(C)[C@H](C(=O)O)[C@@H]1C(=O)N(CCO)CC(F)F. The van der Waals surface area contributed by atoms with Crippen molar-refractivity contribution < 1.29 is 28.6 Å². The fourth-order valence-electron chi connectivity index (χ4n) is 2.33. The van der Waals surface area contributed by atoms with E-state index in [1.165, 1.54) is 0 Å². The first-order chi connectivity index (χ1) is 8.23. The van der Waals surface area contributed by atoms with Crippen LogP contribution in [0.1, 0.15) is 13.8 Å². The van der Waals surface area contributed by atoms with Gasteiger partial charge in [-0.15, -0.1) is 0 Å². The maximum atomic E-state index is 12.3. The molecule has 1 amide bonds. The molecule has 0 aromatic heterocycles. The molecular weight excluding hydrogens is 248 g/mol. The molecule has 0 bridgehead atoms. The van der Waals surface area contributed by atoms with E-state index in [-0.39, 0.29) is 6.54 Å². The van der Waals surface area contributed by atoms with Gasteiger partial charge >= 0.3 is 5.97 Å². The summed E-state index contributed by atoms with van der Waals surface area (Å²) in [4.78, 5) is 23.7. The first kappa shape index (κ1) is 14.8. The van der Waals surface area contributed by atoms with Crippen molar-refractivity contribution in [3.8, 4) is 0 Å². The van der Waals surface area contributed by atoms with Crippen LogP contribution in [0.2, 0.25) is 0 Å². The summed E-state index contributed by atoms with van der Waals surface area (Å²) in [5.41, 5.74) is -0.723. The number of carbonyl (C=O) groups excluding carboxylic acids is 1. The van der Waals surface area contributed by atoms with Gasteiger partial charge in [-0.25, -0.2) is 8.78 Å². The maximum Gasteiger partial charge on any atom is 0.307 e. The molecule has 18 heavy (non-hydrogen) atoms. The Hall–Kier alpha value is -1.24. The minimum absolute atomic E-state index is 0.206. The molecule has 0 aromatic rings. The largest absolute Gasteiger partial charge is 0.481 e. The van der Waals surface area contributed by atoms with Gasteiger partial charge in [0.1, 0.15) is 0 Å². The number of nitrogens with zero attached hydrogens (tertiary/aromatic N) is 1. The molecule has 0 radical (unpaired) electrons. The first-order valence-corrected chi connectivity index (χ1v) is 5.64. The third kappa shape index (κ3) is 2.77. The number of aliphatic hydroxyl groups excluding tert-OH is 1. The lowest BCUT2D eigenvalue weighted by Crippen LogP contribution is -2.39. The molecule has 104 valence electrons. The van der Waals surface area contributed by atoms with Crippen LogP contribution in [0.5, 0.6) is 0 Å². The lowest BCUT2D eigenvalue weighted by molar-refractivity contribution is -0.142. The number of carbonyl (C=O) groups is 2. The van der Waals surface area contributed by atoms with Crippen LogP contribution in [0, 0.1) is 17.3 Å². The van der Waals surface area contributed by atoms with Gasteiger partial charge in [-0.2, -0.15) is 0 Å². The molecule has 2 atom stereocenters. The van der Waals surface area contributed by atoms with E-state index in [0.717, 1.165) is 4.90 Å². The van der Waals surface area contributed by atoms with Crippen molar-refractivity contribution >= 4 is 11.9 Å². The summed E-state index contributed by atoms with van der Waals surface area (Å²) in [5.74, 6) is -3.36. The molecule has 1 fully saturated rings. The van der Waals surface area contributed by atoms with Crippen LogP contribution >= 0.6 is 0 Å². The lowest BCUT2D eigenvalue weighted by Gasteiger charge is -2.22. The average Bonchev–Trinajstić information content (AvgIpc) is 2.79. The minimum Gasteiger partial charge on any atom is -0.481 e. The van der Waals surface area contributed by atoms with Gasteiger partial charge in [-0.05, 0) is 5.41 Å². The zero-order valence-corrected chi connectivity index (χ0v) is 10.3. The molecule has 0 saturated heterocycles. The Morgan fingerprint density at radius 1 is 1.33 bits per heavy atom. The van der Waals surface area contributed by atoms with Gasteiger partial charge in [-0.3, -0.25) is 9.59 Å². The van der Waals surface area contributed by atoms with E-state index in [9.17, 15) is 18.4 Å². The Labute approximate surface area is 103 Å². The Bertz CT molecular complexity index is 346. The number of amides is 1. The molecule has 0 unspecified atom stereocenters. The van der Waals surface area contributed by atoms with Gasteiger partial charge in [-0.1, -0.05) is 13.8 Å². The molecule has 0 aliphatic heterocycles. The van der Waals surface area contributed by atoms with E-state index in [1.54, 1.807) is 13.8 Å². The Kier molecular flexibility index (Phi) is 4.26. The summed E-state index contributed by atoms with van der Waals surface area (Å²) in [7, 11) is 0. The number of hydrogen-bond acceptors (Lipinski definition) is 3. The number of aliphatic carboxylic acids is 1. The van der Waals surface area contributed by atoms with E-state index < -0.39 is 48.7 Å². The zero-order valence-electron chi connectivity index (χ0n) is 10.3. The third-order valence-corrected chi connectivity index (χ3v) is 3.40. The zero-order chi connectivity index (χ0) is 14.1. The van der Waals surface area contributed by atoms with Gasteiger partial charge in [0.15, 0.2) is 0 Å². The molecule has 0 spiro atoms. The average molecular weight is 265 g/mol. The smallest absolute Gasteiger partial charge is 0.307 e. The summed E-state index contributed by atoms with van der Waals surface area (Å²) >= 11 is 0. The van der Waals surface area contributed by atoms with E-state index >= 15 is 0 Å². The van der Waals surface area contributed by atoms with E-state index in [2.05, 4.69) is 0 Å². The second-order valence-corrected chi connectivity index (χ2v) is 5.01. The maximum absolute atomic E-state index is 12.3. The number of hydrogen-bond donors (Lipinski definition) is 2. The molecule has 5 nitrogen and oxygen atoms in total. The first-order valence-electron chi connectivity index (χ1n) is 5.64. The fraction of sp³-hybridized carbons (Fsp3) is 0.818. The predicted molar refractivity (Wildman–Crippen MR) is 58.1 cm³/mol. The summed E-state index contributed by atoms with van der Waals surface area (Å²) < 4.78 is 24.6. The van der Waals surface area contributed by atoms with Crippen LogP contribution in [0.25, 0.3) is 0 Å². The highest BCUT2D eigenvalue weighted by atomic mass is 19.3. The van der Waals surface area contributed by atoms with Crippen LogP contribution in [-0.2, 0) is 9.59 Å². The van der Waals surface area contributed by atoms with E-state index in [4.69, 9.17) is 10.2 Å². The van der Waals surface area contributed by atoms with Gasteiger partial charge in [0.25, 0.3) is 6.43 Å². The number of rotatable bonds is 6. The summed E-state index contributed by atoms with van der Waals surface area (Å²) in [6, 6.07) is 0. The Morgan fingerprint density at radius 3 is 2.22 bits per heavy atom. The second-order valence-electron chi connectivity index (χ2n) is 5.01. The summed E-state index contributed by atoms with van der Waals surface area (Å²) in [6.45, 7) is 1.82. The molecule has 1 aliphatic carbocycles. The van der Waals surface area contributed by atoms with Crippen molar-refractivity contribution in [1.82, 2.24) is 4.90 Å². The van der Waals surface area contributed by atoms with Crippen LogP contribution in [0.4, 0.5) is 8.78 Å². The van der Waals surface area contributed by atoms with Gasteiger partial charge in [0.05, 0.1) is 25.0 Å². The molecule has 0 heterocycles. The molecule has 7 heteroatoms. The molecule has 1 rings (SSSR count). The summed E-state index contributed by atoms with van der Waals surface area (Å²) in [6.07, 6.45) is -2.70. The topological polar surface area (TPSA) is 77.8 Å². The molecule has 1 saturated carbocycles. The van der Waals surface area contributed by atoms with Crippen molar-refractivity contribution in [3.05, 3.63) is 0 Å². The minimum atomic E-state index is -2.70. The van der Waals surface area contributed by atoms with Crippen LogP contribution in [0.15, 0.2) is 0 Å². The van der Waals surface area contributed by atoms with Crippen molar-refractivity contribution in [2.45, 2.75) is 20.3 Å². The standard InChI is InChI=1S/C11H17F2NO4/c1-11(2)7(8(11)10(17)18)9(16)14(3-4-15)5-6(12)13/h6-8,15H,3-5H2,1-2H3,(H,17,18)/t7-,8+/m1/s1. The lowest BCUT2D eigenvalue weighted by atomic mass is 10.1. The van der Waals surface area contributed by atoms with E-state index in [1.807, 2.05) is 0 Å². The fourth-order valence-corrected chi connectivity index (χ4v) is 2.33. The van der Waals surface area contributed by atoms with Gasteiger partial charge in [0.2, 0.25) is 5.91 Å². The quantitative estimate of drug-likeness (QED) is 0.730. The molecule has 2 N–H and O–H groups in total. The van der Waals surface area contributed by atoms with Crippen LogP contribution in [-0.4, -0.2) is 53.1 Å². The molecule has 0 aromatic carbocycles. The number of alkyl halides is 2. The van der Waals surface area contributed by atoms with Crippen molar-refractivity contribution in [2.75, 3.05) is 19.7 Å². The second kappa shape index (κ2) is 5.17. The number of aliphatic hydroxyl groups is 1. The Morgan fingerprint density at radius 2 is 1.89 bits per heavy atom. The predicted octanol–water partition coefficient (Wildman–Crippen LogP) is 0.429. The highest BCUT2D eigenvalue weighted by Crippen LogP contribution is 2.59. The number of halogens is 2. The molecular formula is C11H17F2NO4. The third-order valence-electron chi connectivity index (χ3n) is 3.40. The normalized spacial score (nSPS) is 25.0. The van der Waals surface area contributed by atoms with Crippen molar-refractivity contribution in [3.63, 3.8) is 0 Å². The van der Waals surface area contributed by atoms with Gasteiger partial charge < -0.3 is 15.1 Å². The van der Waals surface area contributed by atoms with E-state index in [0.29, 0.717) is 0 Å². The highest BCUT2D eigenvalue weighted by molar-refractivity contribution is 5.91. The molecule has 1 aliphatic rings. The monoisotopic (exact) mass is 265 g/mol. The Balaban J connectivity index is 2.76. The van der Waals surface area contributed by atoms with Crippen LogP contribution in [0.3, 0.4) is 0 Å². The number of carboxylic acids is 1. The van der Waals surface area contributed by atoms with Gasteiger partial charge in [0, 0.05) is 6.54 Å². The van der Waals surface area contributed by atoms with Crippen molar-refractivity contribution in [1.29, 1.82) is 0 Å². The van der Waals surface area contributed by atoms with Crippen LogP contribution < -0.4 is 0 Å². The van der Waals surface area contributed by atoms with Crippen molar-refractivity contribution in [2.24, 2.45) is 17.3 Å². The summed E-state index contributed by atoms with van der Waals surface area (Å²) in [5, 5.41) is 17.7. The number of carboxylic acid groups (broad SMARTS) is 1. The highest BCUT2D eigenvalue weighted by Gasteiger charge is 2.66.